The van der Waals surface area contributed by atoms with Gasteiger partial charge in [-0.2, -0.15) is 0 Å². The Hall–Kier alpha value is -1.64. The first kappa shape index (κ1) is 9.90. The van der Waals surface area contributed by atoms with Crippen LogP contribution in [0.2, 0.25) is 0 Å². The van der Waals surface area contributed by atoms with Crippen molar-refractivity contribution in [2.24, 2.45) is 0 Å². The predicted molar refractivity (Wildman–Crippen MR) is 57.9 cm³/mol. The average molecular weight is 203 g/mol. The molecule has 0 bridgehead atoms. The molecule has 0 N–H and O–H groups in total. The van der Waals surface area contributed by atoms with Gasteiger partial charge in [-0.25, -0.2) is 0 Å². The standard InChI is InChI=1S/C12H13NO2/c1-12(2)9-5-3-4-6-10(9)13(7-8-14)11(12)15/h3-6,8H,7H2,1-2H3. The number of carbonyl (C=O) groups excluding carboxylic acids is 2. The highest BCUT2D eigenvalue weighted by Crippen LogP contribution is 2.40. The molecule has 0 unspecified atom stereocenters. The summed E-state index contributed by atoms with van der Waals surface area (Å²) in [7, 11) is 0. The lowest BCUT2D eigenvalue weighted by Gasteiger charge is -2.17. The molecule has 0 spiro atoms. The first-order valence-corrected chi connectivity index (χ1v) is 4.94. The van der Waals surface area contributed by atoms with Crippen LogP contribution in [0.1, 0.15) is 19.4 Å². The SMILES string of the molecule is CC1(C)C(=O)N(CC=O)c2ccccc21. The maximum atomic E-state index is 12.0. The zero-order chi connectivity index (χ0) is 11.1. The summed E-state index contributed by atoms with van der Waals surface area (Å²) < 4.78 is 0. The Kier molecular flexibility index (Phi) is 2.11. The summed E-state index contributed by atoms with van der Waals surface area (Å²) in [6.07, 6.45) is 0.760. The lowest BCUT2D eigenvalue weighted by Crippen LogP contribution is -2.37. The number of amides is 1. The molecular weight excluding hydrogens is 190 g/mol. The molecule has 1 aliphatic heterocycles. The van der Waals surface area contributed by atoms with Crippen molar-refractivity contribution in [1.29, 1.82) is 0 Å². The highest BCUT2D eigenvalue weighted by molar-refractivity contribution is 6.08. The van der Waals surface area contributed by atoms with Crippen molar-refractivity contribution in [1.82, 2.24) is 0 Å². The van der Waals surface area contributed by atoms with Crippen LogP contribution >= 0.6 is 0 Å². The number of carbonyl (C=O) groups is 2. The van der Waals surface area contributed by atoms with Gasteiger partial charge in [-0.05, 0) is 25.5 Å². The Bertz CT molecular complexity index is 423. The molecule has 1 heterocycles. The summed E-state index contributed by atoms with van der Waals surface area (Å²) in [5.74, 6) is -0.00389. The van der Waals surface area contributed by atoms with E-state index in [2.05, 4.69) is 0 Å². The van der Waals surface area contributed by atoms with Gasteiger partial charge in [0.1, 0.15) is 6.29 Å². The lowest BCUT2D eigenvalue weighted by molar-refractivity contribution is -0.123. The number of fused-ring (bicyclic) bond motifs is 1. The first-order chi connectivity index (χ1) is 7.09. The Balaban J connectivity index is 2.56. The number of nitrogens with zero attached hydrogens (tertiary/aromatic N) is 1. The molecule has 3 nitrogen and oxygen atoms in total. The van der Waals surface area contributed by atoms with Crippen molar-refractivity contribution in [3.8, 4) is 0 Å². The van der Waals surface area contributed by atoms with Crippen molar-refractivity contribution in [3.05, 3.63) is 29.8 Å². The van der Waals surface area contributed by atoms with E-state index < -0.39 is 5.41 Å². The molecule has 15 heavy (non-hydrogen) atoms. The van der Waals surface area contributed by atoms with E-state index >= 15 is 0 Å². The number of aldehydes is 1. The van der Waals surface area contributed by atoms with E-state index in [9.17, 15) is 9.59 Å². The fraction of sp³-hybridized carbons (Fsp3) is 0.333. The smallest absolute Gasteiger partial charge is 0.237 e. The molecule has 0 aromatic heterocycles. The number of benzene rings is 1. The molecule has 0 atom stereocenters. The third kappa shape index (κ3) is 1.27. The Labute approximate surface area is 88.7 Å². The normalized spacial score (nSPS) is 17.7. The summed E-state index contributed by atoms with van der Waals surface area (Å²) in [6.45, 7) is 3.91. The molecule has 0 aliphatic carbocycles. The largest absolute Gasteiger partial charge is 0.304 e. The fourth-order valence-corrected chi connectivity index (χ4v) is 2.06. The molecule has 2 rings (SSSR count). The van der Waals surface area contributed by atoms with Gasteiger partial charge in [0, 0.05) is 5.69 Å². The Morgan fingerprint density at radius 1 is 1.33 bits per heavy atom. The van der Waals surface area contributed by atoms with Gasteiger partial charge in [0.2, 0.25) is 5.91 Å². The zero-order valence-corrected chi connectivity index (χ0v) is 8.86. The van der Waals surface area contributed by atoms with Crippen LogP contribution in [0.5, 0.6) is 0 Å². The number of anilines is 1. The summed E-state index contributed by atoms with van der Waals surface area (Å²) in [4.78, 5) is 24.1. The Morgan fingerprint density at radius 2 is 2.00 bits per heavy atom. The zero-order valence-electron chi connectivity index (χ0n) is 8.86. The van der Waals surface area contributed by atoms with Crippen molar-refractivity contribution < 1.29 is 9.59 Å². The molecule has 1 aromatic carbocycles. The molecular formula is C12H13NO2. The Morgan fingerprint density at radius 3 is 2.67 bits per heavy atom. The summed E-state index contributed by atoms with van der Waals surface area (Å²) in [6, 6.07) is 7.62. The van der Waals surface area contributed by atoms with E-state index in [0.717, 1.165) is 17.5 Å². The van der Waals surface area contributed by atoms with Crippen LogP contribution in [0, 0.1) is 0 Å². The van der Waals surface area contributed by atoms with E-state index in [4.69, 9.17) is 0 Å². The van der Waals surface area contributed by atoms with Crippen LogP contribution in [-0.4, -0.2) is 18.7 Å². The minimum atomic E-state index is -0.514. The molecule has 78 valence electrons. The van der Waals surface area contributed by atoms with Crippen molar-refractivity contribution >= 4 is 17.9 Å². The van der Waals surface area contributed by atoms with Crippen LogP contribution in [-0.2, 0) is 15.0 Å². The number of para-hydroxylation sites is 1. The second kappa shape index (κ2) is 3.19. The van der Waals surface area contributed by atoms with Crippen LogP contribution < -0.4 is 4.90 Å². The minimum Gasteiger partial charge on any atom is -0.304 e. The quantitative estimate of drug-likeness (QED) is 0.683. The second-order valence-corrected chi connectivity index (χ2v) is 4.22. The van der Waals surface area contributed by atoms with Gasteiger partial charge in [-0.15, -0.1) is 0 Å². The van der Waals surface area contributed by atoms with E-state index in [-0.39, 0.29) is 12.5 Å². The third-order valence-electron chi connectivity index (χ3n) is 2.91. The van der Waals surface area contributed by atoms with Crippen molar-refractivity contribution in [3.63, 3.8) is 0 Å². The van der Waals surface area contributed by atoms with Gasteiger partial charge in [0.15, 0.2) is 0 Å². The van der Waals surface area contributed by atoms with Crippen LogP contribution in [0.25, 0.3) is 0 Å². The number of hydrogen-bond donors (Lipinski definition) is 0. The summed E-state index contributed by atoms with van der Waals surface area (Å²) >= 11 is 0. The van der Waals surface area contributed by atoms with Gasteiger partial charge in [0.25, 0.3) is 0 Å². The highest BCUT2D eigenvalue weighted by atomic mass is 16.2. The second-order valence-electron chi connectivity index (χ2n) is 4.22. The van der Waals surface area contributed by atoms with Gasteiger partial charge in [-0.1, -0.05) is 18.2 Å². The highest BCUT2D eigenvalue weighted by Gasteiger charge is 2.43. The van der Waals surface area contributed by atoms with Crippen molar-refractivity contribution in [2.75, 3.05) is 11.4 Å². The molecule has 0 saturated carbocycles. The maximum Gasteiger partial charge on any atom is 0.237 e. The van der Waals surface area contributed by atoms with Gasteiger partial charge in [0.05, 0.1) is 12.0 Å². The molecule has 1 aromatic rings. The van der Waals surface area contributed by atoms with Crippen LogP contribution in [0.4, 0.5) is 5.69 Å². The van der Waals surface area contributed by atoms with Crippen LogP contribution in [0.15, 0.2) is 24.3 Å². The average Bonchev–Trinajstić information content (AvgIpc) is 2.42. The summed E-state index contributed by atoms with van der Waals surface area (Å²) in [5.41, 5.74) is 1.34. The monoisotopic (exact) mass is 203 g/mol. The van der Waals surface area contributed by atoms with Gasteiger partial charge >= 0.3 is 0 Å². The predicted octanol–water partition coefficient (Wildman–Crippen LogP) is 1.51. The first-order valence-electron chi connectivity index (χ1n) is 4.94. The van der Waals surface area contributed by atoms with E-state index in [1.807, 2.05) is 38.1 Å². The maximum absolute atomic E-state index is 12.0. The lowest BCUT2D eigenvalue weighted by atomic mass is 9.86. The molecule has 0 saturated heterocycles. The molecule has 0 radical (unpaired) electrons. The topological polar surface area (TPSA) is 37.4 Å². The molecule has 0 fully saturated rings. The van der Waals surface area contributed by atoms with E-state index in [1.165, 1.54) is 0 Å². The molecule has 1 aliphatic rings. The van der Waals surface area contributed by atoms with E-state index in [1.54, 1.807) is 4.90 Å². The minimum absolute atomic E-state index is 0.00389. The summed E-state index contributed by atoms with van der Waals surface area (Å²) in [5, 5.41) is 0. The number of rotatable bonds is 2. The van der Waals surface area contributed by atoms with Gasteiger partial charge < -0.3 is 9.69 Å². The molecule has 3 heteroatoms. The molecule has 1 amide bonds. The van der Waals surface area contributed by atoms with Crippen LogP contribution in [0.3, 0.4) is 0 Å². The van der Waals surface area contributed by atoms with Crippen molar-refractivity contribution in [2.45, 2.75) is 19.3 Å². The number of hydrogen-bond acceptors (Lipinski definition) is 2. The third-order valence-corrected chi connectivity index (χ3v) is 2.91. The fourth-order valence-electron chi connectivity index (χ4n) is 2.06. The van der Waals surface area contributed by atoms with E-state index in [0.29, 0.717) is 0 Å². The van der Waals surface area contributed by atoms with Gasteiger partial charge in [-0.3, -0.25) is 4.79 Å².